The van der Waals surface area contributed by atoms with Crippen molar-refractivity contribution in [3.63, 3.8) is 0 Å². The van der Waals surface area contributed by atoms with Gasteiger partial charge in [-0.15, -0.1) is 0 Å². The van der Waals surface area contributed by atoms with E-state index in [-0.39, 0.29) is 134 Å². The highest BCUT2D eigenvalue weighted by Gasteiger charge is 2.55. The maximum Gasteiger partial charge on any atom is 0.250 e. The largest absolute Gasteiger partial charge is 0.508 e. The summed E-state index contributed by atoms with van der Waals surface area (Å²) >= 11 is 1.49. The third-order valence-corrected chi connectivity index (χ3v) is 22.8. The second-order valence-electron chi connectivity index (χ2n) is 32.7. The normalized spacial score (nSPS) is 22.9. The first-order valence-corrected chi connectivity index (χ1v) is 44.0. The van der Waals surface area contributed by atoms with Gasteiger partial charge in [0.2, 0.25) is 65.5 Å². The Morgan fingerprint density at radius 2 is 1.29 bits per heavy atom. The molecule has 18 atom stereocenters. The minimum absolute atomic E-state index is 0.0336. The maximum absolute atomic E-state index is 15.0. The molecule has 0 radical (unpaired) electrons. The smallest absolute Gasteiger partial charge is 0.250 e. The van der Waals surface area contributed by atoms with Crippen LogP contribution in [0.15, 0.2) is 53.5 Å². The molecule has 0 aliphatic carbocycles. The van der Waals surface area contributed by atoms with Gasteiger partial charge >= 0.3 is 0 Å². The van der Waals surface area contributed by atoms with Crippen molar-refractivity contribution < 1.29 is 103 Å². The molecule has 22 N–H and O–H groups in total. The third-order valence-electron chi connectivity index (χ3n) is 22.1. The molecular formula is C83H134N16O21S. The highest BCUT2D eigenvalue weighted by Crippen LogP contribution is 2.31. The molecule has 4 aliphatic rings. The Labute approximate surface area is 712 Å². The Morgan fingerprint density at radius 1 is 0.669 bits per heavy atom. The molecule has 37 nitrogen and oxygen atoms in total. The highest BCUT2D eigenvalue weighted by molar-refractivity contribution is 7.98. The number of β-amino-alcohol motifs (C(OH)–C–C–N with tert-alkyl or cyclic N) is 1. The minimum Gasteiger partial charge on any atom is -0.508 e. The van der Waals surface area contributed by atoms with Crippen LogP contribution in [0.25, 0.3) is 0 Å². The molecule has 0 bridgehead atoms. The molecular weight excluding hydrogens is 1590 g/mol. The summed E-state index contributed by atoms with van der Waals surface area (Å²) in [5.41, 5.74) is 11.7. The second kappa shape index (κ2) is 52.0. The highest BCUT2D eigenvalue weighted by atomic mass is 32.2. The quantitative estimate of drug-likeness (QED) is 0.0200. The summed E-state index contributed by atoms with van der Waals surface area (Å²) in [6, 6.07) is -0.464. The Balaban J connectivity index is 1.06. The third kappa shape index (κ3) is 33.5. The standard InChI is InChI=1S/C83H134N16O21S/c1-8-50(4)41-51(5)16-13-11-9-10-12-14-18-68(108)96-83-44-58(104)46-89-77(114)63-17-15-34-98(63)81(118)70(93-79(116)71(73(110)72(109)55-23-25-56(102)26-24-55)94-78(115)64-43-57(103)47-99(64)80(117)69(52(6)101)95-82(83)97-83)65(105)29-31-86-66(106)27-28-67(107)87-32-35-119-37-38-120-36-33-88-74(111)62(42-53-19-21-54(22-20-53)59(85)45-84)92-76(113)61(40-49(2)3)91-75(112)60(90-48-100)30-39-121-7/h19-26,48-52,57-65,69-73,101-105,109-110H,8-18,27-47,84-85H2,1-7H3,(H,86,106)(H,87,107)(H,88,111)(H,89,114)(H,90,100)(H,91,112)(H,92,113)(H,93,116)(H,94,115)(H,95,97)(H,96,108). The van der Waals surface area contributed by atoms with Crippen molar-refractivity contribution >= 4 is 89.0 Å². The fraction of sp³-hybridized carbons (Fsp3) is 0.699. The van der Waals surface area contributed by atoms with Crippen LogP contribution in [0.3, 0.4) is 0 Å². The van der Waals surface area contributed by atoms with Gasteiger partial charge in [-0.3, -0.25) is 62.5 Å². The number of hydrogen-bond acceptors (Lipinski definition) is 26. The maximum atomic E-state index is 15.0. The molecule has 0 saturated carbocycles. The molecule has 18 unspecified atom stereocenters. The number of benzene rings is 2. The molecule has 38 heteroatoms. The number of thioether (sulfide) groups is 1. The second-order valence-corrected chi connectivity index (χ2v) is 33.7. The van der Waals surface area contributed by atoms with Crippen LogP contribution in [0, 0.1) is 17.8 Å². The van der Waals surface area contributed by atoms with E-state index in [1.54, 1.807) is 24.3 Å². The molecule has 3 fully saturated rings. The number of rotatable bonds is 49. The lowest BCUT2D eigenvalue weighted by Crippen LogP contribution is -2.64. The summed E-state index contributed by atoms with van der Waals surface area (Å²) < 4.78 is 11.3. The van der Waals surface area contributed by atoms with E-state index in [1.807, 2.05) is 20.1 Å². The van der Waals surface area contributed by atoms with E-state index in [1.165, 1.54) is 49.4 Å². The van der Waals surface area contributed by atoms with Crippen molar-refractivity contribution in [1.82, 2.24) is 68.3 Å². The van der Waals surface area contributed by atoms with Crippen LogP contribution >= 0.6 is 11.8 Å². The van der Waals surface area contributed by atoms with Crippen molar-refractivity contribution in [2.75, 3.05) is 84.2 Å². The molecule has 121 heavy (non-hydrogen) atoms. The van der Waals surface area contributed by atoms with Crippen LogP contribution in [0.4, 0.5) is 0 Å². The topological polar surface area (TPSA) is 578 Å². The number of nitrogens with one attached hydrogen (secondary N) is 11. The van der Waals surface area contributed by atoms with E-state index >= 15 is 4.79 Å². The van der Waals surface area contributed by atoms with Gasteiger partial charge in [-0.1, -0.05) is 116 Å². The van der Waals surface area contributed by atoms with Crippen molar-refractivity contribution in [3.05, 3.63) is 65.2 Å². The van der Waals surface area contributed by atoms with Gasteiger partial charge in [0.25, 0.3) is 5.91 Å². The van der Waals surface area contributed by atoms with Crippen LogP contribution < -0.4 is 70.0 Å². The van der Waals surface area contributed by atoms with Gasteiger partial charge in [-0.25, -0.2) is 0 Å². The molecule has 678 valence electrons. The van der Waals surface area contributed by atoms with Gasteiger partial charge in [0.05, 0.1) is 50.8 Å². The van der Waals surface area contributed by atoms with E-state index in [2.05, 4.69) is 84.2 Å². The van der Waals surface area contributed by atoms with E-state index in [0.717, 1.165) is 60.3 Å². The lowest BCUT2D eigenvalue weighted by molar-refractivity contribution is -0.146. The molecule has 0 spiro atoms. The number of phenols is 1. The number of nitrogens with two attached hydrogens (primary N) is 2. The predicted molar refractivity (Wildman–Crippen MR) is 450 cm³/mol. The van der Waals surface area contributed by atoms with Crippen LogP contribution in [-0.4, -0.2) is 292 Å². The van der Waals surface area contributed by atoms with Gasteiger partial charge in [-0.05, 0) is 110 Å². The summed E-state index contributed by atoms with van der Waals surface area (Å²) in [4.78, 5) is 173. The number of phenolic OH excluding ortho intramolecular Hbond substituents is 1. The number of fused-ring (bicyclic) bond motifs is 3. The Bertz CT molecular complexity index is 3680. The summed E-state index contributed by atoms with van der Waals surface area (Å²) in [5.74, 6) is -7.08. The molecule has 4 aliphatic heterocycles. The van der Waals surface area contributed by atoms with Crippen LogP contribution in [0.5, 0.6) is 5.75 Å². The van der Waals surface area contributed by atoms with Gasteiger partial charge in [0.15, 0.2) is 11.7 Å². The Morgan fingerprint density at radius 3 is 1.93 bits per heavy atom. The Kier molecular flexibility index (Phi) is 43.5. The Hall–Kier alpha value is -8.70. The van der Waals surface area contributed by atoms with Crippen LogP contribution in [0.1, 0.15) is 192 Å². The predicted octanol–water partition coefficient (Wildman–Crippen LogP) is -1.66. The minimum atomic E-state index is -2.32. The SMILES string of the molecule is CCC(C)CC(C)CCCCCCCCC(=O)NC12CC(O)CNC(=O)C3CCCN3C(=O)C(C(O)CCNC(=O)CCC(=O)NCCOCCOCCNC(=O)C(Cc3ccc(C(N)CN)cc3)NC(=O)C(CC(C)C)NC(=O)C(CCSC)NC=O)NC(=O)C(C(O)C(O)c3ccc(O)cc3)NC(=O)C3CC(O)CN3C(=O)C(C(C)O)N=C1N2. The number of aliphatic imine (C=N–C) groups is 1. The molecule has 6 rings (SSSR count). The lowest BCUT2D eigenvalue weighted by Gasteiger charge is -2.34. The average molecular weight is 1720 g/mol. The van der Waals surface area contributed by atoms with Crippen LogP contribution in [-0.2, 0) is 73.4 Å². The molecule has 4 heterocycles. The molecule has 2 aromatic rings. The van der Waals surface area contributed by atoms with Crippen molar-refractivity contribution in [2.45, 2.75) is 267 Å². The van der Waals surface area contributed by atoms with E-state index in [9.17, 15) is 88.5 Å². The number of unbranched alkanes of at least 4 members (excludes halogenated alkanes) is 5. The lowest BCUT2D eigenvalue weighted by atomic mass is 9.91. The molecule has 2 aromatic carbocycles. The van der Waals surface area contributed by atoms with Crippen LogP contribution in [0.2, 0.25) is 0 Å². The number of amidine groups is 1. The average Bonchev–Trinajstić information content (AvgIpc) is 1.58. The molecule has 0 aromatic heterocycles. The number of hydrogen-bond donors (Lipinski definition) is 20. The number of aromatic hydroxyl groups is 1. The summed E-state index contributed by atoms with van der Waals surface area (Å²) in [6.45, 7) is 10.9. The van der Waals surface area contributed by atoms with Gasteiger partial charge < -0.3 is 125 Å². The number of nitrogens with zero attached hydrogens (tertiary/aromatic N) is 3. The summed E-state index contributed by atoms with van der Waals surface area (Å²) in [5, 5.41) is 109. The number of aliphatic hydroxyl groups is 6. The van der Waals surface area contributed by atoms with E-state index < -0.39 is 188 Å². The zero-order valence-electron chi connectivity index (χ0n) is 71.0. The van der Waals surface area contributed by atoms with E-state index in [0.29, 0.717) is 42.4 Å². The van der Waals surface area contributed by atoms with E-state index in [4.69, 9.17) is 20.9 Å². The first-order valence-electron chi connectivity index (χ1n) is 42.6. The first-order chi connectivity index (χ1) is 57.7. The van der Waals surface area contributed by atoms with Gasteiger partial charge in [0, 0.05) is 90.4 Å². The number of carbonyl (C=O) groups excluding carboxylic acids is 12. The van der Waals surface area contributed by atoms with Gasteiger partial charge in [0.1, 0.15) is 66.1 Å². The monoisotopic (exact) mass is 1720 g/mol. The summed E-state index contributed by atoms with van der Waals surface area (Å²) in [7, 11) is 0. The summed E-state index contributed by atoms with van der Waals surface area (Å²) in [6.07, 6.45) is -0.374. The zero-order chi connectivity index (χ0) is 88.9. The zero-order valence-corrected chi connectivity index (χ0v) is 71.8. The van der Waals surface area contributed by atoms with Gasteiger partial charge in [-0.2, -0.15) is 11.8 Å². The van der Waals surface area contributed by atoms with Crippen molar-refractivity contribution in [3.8, 4) is 5.75 Å². The first kappa shape index (κ1) is 101. The fourth-order valence-electron chi connectivity index (χ4n) is 15.0. The fourth-order valence-corrected chi connectivity index (χ4v) is 15.5. The number of amides is 12. The number of ether oxygens (including phenoxy) is 2. The number of aliphatic hydroxyl groups excluding tert-OH is 6. The molecule has 12 amide bonds. The molecule has 3 saturated heterocycles. The van der Waals surface area contributed by atoms with Crippen molar-refractivity contribution in [2.24, 2.45) is 34.2 Å². The number of carbonyl (C=O) groups is 12. The van der Waals surface area contributed by atoms with Crippen molar-refractivity contribution in [1.29, 1.82) is 0 Å².